The summed E-state index contributed by atoms with van der Waals surface area (Å²) in [6.45, 7) is 11.4. The monoisotopic (exact) mass is 728 g/mol. The lowest BCUT2D eigenvalue weighted by atomic mass is 9.71. The number of carbonyl (C=O) groups excluding carboxylic acids is 5. The predicted octanol–water partition coefficient (Wildman–Crippen LogP) is 4.97. The summed E-state index contributed by atoms with van der Waals surface area (Å²) in [6.07, 6.45) is 8.03. The van der Waals surface area contributed by atoms with Crippen LogP contribution in [0.1, 0.15) is 111 Å². The van der Waals surface area contributed by atoms with Crippen LogP contribution < -0.4 is 16.0 Å². The number of hydrogen-bond donors (Lipinski definition) is 3. The smallest absolute Gasteiger partial charge is 0.315 e. The maximum atomic E-state index is 14.7. The van der Waals surface area contributed by atoms with Gasteiger partial charge in [0.05, 0.1) is 17.5 Å². The number of rotatable bonds is 15. The molecule has 4 rings (SSSR count). The lowest BCUT2D eigenvalue weighted by Crippen LogP contribution is -2.64. The van der Waals surface area contributed by atoms with Gasteiger partial charge in [0.15, 0.2) is 15.6 Å². The van der Waals surface area contributed by atoms with Crippen molar-refractivity contribution in [1.29, 1.82) is 0 Å². The van der Waals surface area contributed by atoms with Gasteiger partial charge in [-0.1, -0.05) is 103 Å². The Morgan fingerprint density at radius 3 is 2.12 bits per heavy atom. The van der Waals surface area contributed by atoms with Crippen LogP contribution in [-0.4, -0.2) is 79.2 Å². The molecule has 284 valence electrons. The van der Waals surface area contributed by atoms with Gasteiger partial charge in [0.2, 0.25) is 17.6 Å². The van der Waals surface area contributed by atoms with Gasteiger partial charge < -0.3 is 20.9 Å². The van der Waals surface area contributed by atoms with E-state index in [2.05, 4.69) is 29.8 Å². The maximum absolute atomic E-state index is 14.7. The largest absolute Gasteiger partial charge is 0.344 e. The average molecular weight is 729 g/mol. The van der Waals surface area contributed by atoms with E-state index in [0.29, 0.717) is 18.4 Å². The summed E-state index contributed by atoms with van der Waals surface area (Å²) in [5.74, 6) is -2.50. The van der Waals surface area contributed by atoms with Crippen LogP contribution in [0.15, 0.2) is 30.3 Å². The molecule has 51 heavy (non-hydrogen) atoms. The fraction of sp³-hybridized carbons (Fsp3) is 0.718. The fourth-order valence-electron chi connectivity index (χ4n) is 7.70. The maximum Gasteiger partial charge on any atom is 0.315 e. The molecule has 1 saturated heterocycles. The van der Waals surface area contributed by atoms with Crippen molar-refractivity contribution >= 4 is 39.2 Å². The number of ketones is 2. The molecule has 0 aromatic heterocycles. The lowest BCUT2D eigenvalue weighted by Gasteiger charge is -2.48. The minimum atomic E-state index is -3.58. The number of Topliss-reactive ketones (excluding diaryl/α,β-unsaturated/α-hetero) is 2. The van der Waals surface area contributed by atoms with Crippen LogP contribution in [0.3, 0.4) is 0 Å². The van der Waals surface area contributed by atoms with E-state index in [1.165, 1.54) is 6.92 Å². The summed E-state index contributed by atoms with van der Waals surface area (Å²) in [4.78, 5) is 69.2. The highest BCUT2D eigenvalue weighted by Gasteiger charge is 2.47. The zero-order chi connectivity index (χ0) is 37.5. The van der Waals surface area contributed by atoms with Crippen LogP contribution in [0.5, 0.6) is 0 Å². The highest BCUT2D eigenvalue weighted by Crippen LogP contribution is 2.40. The topological polar surface area (TPSA) is 159 Å². The molecule has 1 aromatic carbocycles. The van der Waals surface area contributed by atoms with Crippen LogP contribution in [-0.2, 0) is 34.8 Å². The molecule has 4 amide bonds. The summed E-state index contributed by atoms with van der Waals surface area (Å²) >= 11 is 0. The van der Waals surface area contributed by atoms with Crippen molar-refractivity contribution in [1.82, 2.24) is 20.9 Å². The highest BCUT2D eigenvalue weighted by atomic mass is 32.2. The summed E-state index contributed by atoms with van der Waals surface area (Å²) < 4.78 is 26.4. The first kappa shape index (κ1) is 40.5. The first-order chi connectivity index (χ1) is 24.0. The molecule has 3 N–H and O–H groups in total. The van der Waals surface area contributed by atoms with Crippen molar-refractivity contribution in [2.75, 3.05) is 12.3 Å². The Labute approximate surface area is 304 Å². The Balaban J connectivity index is 1.55. The van der Waals surface area contributed by atoms with Crippen molar-refractivity contribution in [3.8, 4) is 0 Å². The number of sulfone groups is 1. The third-order valence-corrected chi connectivity index (χ3v) is 13.4. The molecule has 12 heteroatoms. The van der Waals surface area contributed by atoms with Gasteiger partial charge in [0.25, 0.3) is 0 Å². The van der Waals surface area contributed by atoms with Crippen molar-refractivity contribution in [2.45, 2.75) is 136 Å². The predicted molar refractivity (Wildman–Crippen MR) is 197 cm³/mol. The van der Waals surface area contributed by atoms with Crippen molar-refractivity contribution in [3.63, 3.8) is 0 Å². The molecule has 0 bridgehead atoms. The summed E-state index contributed by atoms with van der Waals surface area (Å²) in [6, 6.07) is 4.85. The third-order valence-electron chi connectivity index (χ3n) is 11.7. The van der Waals surface area contributed by atoms with Gasteiger partial charge in [-0.15, -0.1) is 0 Å². The Bertz CT molecular complexity index is 1500. The van der Waals surface area contributed by atoms with E-state index in [1.54, 1.807) is 29.2 Å². The Morgan fingerprint density at radius 1 is 0.902 bits per heavy atom. The van der Waals surface area contributed by atoms with E-state index in [4.69, 9.17) is 0 Å². The molecule has 2 unspecified atom stereocenters. The number of nitrogens with one attached hydrogen (secondary N) is 3. The first-order valence-electron chi connectivity index (χ1n) is 18.9. The number of nitrogens with zero attached hydrogens (tertiary/aromatic N) is 1. The van der Waals surface area contributed by atoms with Gasteiger partial charge in [-0.05, 0) is 60.3 Å². The van der Waals surface area contributed by atoms with Crippen LogP contribution in [0, 0.1) is 29.1 Å². The summed E-state index contributed by atoms with van der Waals surface area (Å²) in [5.41, 5.74) is 0.373. The molecule has 0 spiro atoms. The Morgan fingerprint density at radius 2 is 1.55 bits per heavy atom. The molecule has 2 saturated carbocycles. The fourth-order valence-corrected chi connectivity index (χ4v) is 9.54. The SMILES string of the molecule is CC(=O)C(=O)C(CC1CCC1)NC(=O)[C@@H]1CC(C)(C)C(C)CN1C(=O)[C@@H](NC(=O)N[C@H](CS(=O)(=O)Cc1ccccc1)C(C)C)C1CCCCC1. The molecule has 3 fully saturated rings. The number of carbonyl (C=O) groups is 5. The summed E-state index contributed by atoms with van der Waals surface area (Å²) in [5, 5.41) is 8.70. The van der Waals surface area contributed by atoms with Crippen molar-refractivity contribution in [3.05, 3.63) is 35.9 Å². The molecule has 5 atom stereocenters. The molecular formula is C39H60N4O7S. The summed E-state index contributed by atoms with van der Waals surface area (Å²) in [7, 11) is -3.58. The second-order valence-electron chi connectivity index (χ2n) is 16.5. The van der Waals surface area contributed by atoms with Crippen molar-refractivity contribution in [2.24, 2.45) is 29.1 Å². The lowest BCUT2D eigenvalue weighted by molar-refractivity contribution is -0.150. The molecule has 1 aromatic rings. The van der Waals surface area contributed by atoms with Crippen LogP contribution in [0.25, 0.3) is 0 Å². The second kappa shape index (κ2) is 17.5. The number of likely N-dealkylation sites (tertiary alicyclic amines) is 1. The van der Waals surface area contributed by atoms with Gasteiger partial charge in [0.1, 0.15) is 12.1 Å². The highest BCUT2D eigenvalue weighted by molar-refractivity contribution is 7.90. The molecule has 11 nitrogen and oxygen atoms in total. The standard InChI is InChI=1S/C39H60N4O7S/c1-25(2)32(24-51(49,50)23-29-14-9-7-10-15-29)41-38(48)42-34(30-18-11-8-12-19-30)37(47)43-22-26(3)39(5,6)21-33(43)36(46)40-31(35(45)27(4)44)20-28-16-13-17-28/h7,9-10,14-15,25-26,28,30-34H,8,11-13,16-24H2,1-6H3,(H,40,46)(H2,41,42,48)/t26?,31?,32-,33+,34+/m1/s1. The first-order valence-corrected chi connectivity index (χ1v) is 20.8. The van der Waals surface area contributed by atoms with Gasteiger partial charge in [-0.3, -0.25) is 19.2 Å². The molecule has 1 aliphatic heterocycles. The second-order valence-corrected chi connectivity index (χ2v) is 18.6. The number of piperidine rings is 1. The van der Waals surface area contributed by atoms with Crippen molar-refractivity contribution < 1.29 is 32.4 Å². The van der Waals surface area contributed by atoms with E-state index >= 15 is 0 Å². The van der Waals surface area contributed by atoms with Gasteiger partial charge in [0, 0.05) is 19.5 Å². The minimum Gasteiger partial charge on any atom is -0.344 e. The van der Waals surface area contributed by atoms with Crippen LogP contribution in [0.4, 0.5) is 4.79 Å². The number of benzene rings is 1. The zero-order valence-electron chi connectivity index (χ0n) is 31.4. The van der Waals surface area contributed by atoms with Gasteiger partial charge in [-0.2, -0.15) is 0 Å². The molecule has 2 aliphatic carbocycles. The van der Waals surface area contributed by atoms with E-state index in [1.807, 2.05) is 26.8 Å². The number of hydrogen-bond acceptors (Lipinski definition) is 7. The number of urea groups is 1. The zero-order valence-corrected chi connectivity index (χ0v) is 32.2. The van der Waals surface area contributed by atoms with E-state index in [-0.39, 0.29) is 53.0 Å². The molecule has 1 heterocycles. The van der Waals surface area contributed by atoms with Gasteiger partial charge >= 0.3 is 6.03 Å². The molecule has 3 aliphatic rings. The molecular weight excluding hydrogens is 669 g/mol. The third kappa shape index (κ3) is 11.1. The average Bonchev–Trinajstić information content (AvgIpc) is 3.05. The molecule has 0 radical (unpaired) electrons. The normalized spacial score (nSPS) is 23.0. The quantitative estimate of drug-likeness (QED) is 0.215. The number of amides is 4. The van der Waals surface area contributed by atoms with Crippen LogP contribution >= 0.6 is 0 Å². The van der Waals surface area contributed by atoms with E-state index in [9.17, 15) is 32.4 Å². The Kier molecular flexibility index (Phi) is 13.9. The Hall–Kier alpha value is -3.28. The minimum absolute atomic E-state index is 0.0381. The van der Waals surface area contributed by atoms with E-state index in [0.717, 1.165) is 51.4 Å². The van der Waals surface area contributed by atoms with Gasteiger partial charge in [-0.25, -0.2) is 13.2 Å². The van der Waals surface area contributed by atoms with Crippen LogP contribution in [0.2, 0.25) is 0 Å². The van der Waals surface area contributed by atoms with E-state index < -0.39 is 57.5 Å².